The predicted octanol–water partition coefficient (Wildman–Crippen LogP) is 6.86. The normalized spacial score (nSPS) is 18.7. The average Bonchev–Trinajstić information content (AvgIpc) is 2.75. The van der Waals surface area contributed by atoms with E-state index in [-0.39, 0.29) is 35.8 Å². The van der Waals surface area contributed by atoms with Gasteiger partial charge in [-0.2, -0.15) is 8.78 Å². The van der Waals surface area contributed by atoms with Gasteiger partial charge in [-0.25, -0.2) is 22.0 Å². The van der Waals surface area contributed by atoms with Crippen LogP contribution in [-0.2, 0) is 15.6 Å². The Morgan fingerprint density at radius 1 is 0.765 bits per heavy atom. The molecule has 1 saturated heterocycles. The summed E-state index contributed by atoms with van der Waals surface area (Å²) in [6, 6.07) is 6.35. The van der Waals surface area contributed by atoms with Crippen molar-refractivity contribution in [1.29, 1.82) is 0 Å². The summed E-state index contributed by atoms with van der Waals surface area (Å²) in [7, 11) is 0. The second-order valence-corrected chi connectivity index (χ2v) is 7.85. The van der Waals surface area contributed by atoms with Gasteiger partial charge in [-0.05, 0) is 42.0 Å². The number of benzene rings is 3. The van der Waals surface area contributed by atoms with Gasteiger partial charge in [0.2, 0.25) is 0 Å². The zero-order valence-electron chi connectivity index (χ0n) is 17.6. The summed E-state index contributed by atoms with van der Waals surface area (Å²) in [5, 5.41) is 0. The molecule has 1 aliphatic rings. The molecule has 0 spiro atoms. The minimum Gasteiger partial charge on any atom is -0.429 e. The molecule has 0 aromatic heterocycles. The molecule has 0 unspecified atom stereocenters. The second-order valence-electron chi connectivity index (χ2n) is 7.85. The quantitative estimate of drug-likeness (QED) is 0.369. The largest absolute Gasteiger partial charge is 0.432 e. The van der Waals surface area contributed by atoms with E-state index in [0.717, 1.165) is 30.3 Å². The Labute approximate surface area is 189 Å². The maximum absolute atomic E-state index is 14.7. The third kappa shape index (κ3) is 4.88. The van der Waals surface area contributed by atoms with Crippen LogP contribution in [0.3, 0.4) is 0 Å². The van der Waals surface area contributed by atoms with Gasteiger partial charge in [0.25, 0.3) is 0 Å². The number of ether oxygens (including phenoxy) is 3. The van der Waals surface area contributed by atoms with E-state index in [1.807, 2.05) is 6.92 Å². The zero-order valence-corrected chi connectivity index (χ0v) is 17.6. The van der Waals surface area contributed by atoms with Gasteiger partial charge in [0.05, 0.1) is 13.2 Å². The topological polar surface area (TPSA) is 27.7 Å². The van der Waals surface area contributed by atoms with E-state index in [2.05, 4.69) is 4.74 Å². The number of hydrogen-bond acceptors (Lipinski definition) is 3. The van der Waals surface area contributed by atoms with Crippen LogP contribution in [0, 0.1) is 35.0 Å². The fourth-order valence-corrected chi connectivity index (χ4v) is 3.46. The molecule has 1 heterocycles. The Hall–Kier alpha value is -3.11. The van der Waals surface area contributed by atoms with Crippen molar-refractivity contribution in [3.05, 3.63) is 88.7 Å². The molecule has 0 radical (unpaired) electrons. The first-order valence-electron chi connectivity index (χ1n) is 10.1. The first-order chi connectivity index (χ1) is 16.0. The maximum Gasteiger partial charge on any atom is 0.432 e. The molecule has 34 heavy (non-hydrogen) atoms. The third-order valence-electron chi connectivity index (χ3n) is 5.11. The van der Waals surface area contributed by atoms with Gasteiger partial charge in [-0.15, -0.1) is 0 Å². The Bertz CT molecular complexity index is 1180. The Morgan fingerprint density at radius 2 is 1.41 bits per heavy atom. The van der Waals surface area contributed by atoms with Crippen LogP contribution in [0.5, 0.6) is 5.75 Å². The summed E-state index contributed by atoms with van der Waals surface area (Å²) in [4.78, 5) is 0. The van der Waals surface area contributed by atoms with Crippen LogP contribution in [0.1, 0.15) is 24.3 Å². The van der Waals surface area contributed by atoms with Gasteiger partial charge >= 0.3 is 6.11 Å². The highest BCUT2D eigenvalue weighted by molar-refractivity contribution is 5.65. The highest BCUT2D eigenvalue weighted by Gasteiger charge is 2.42. The predicted molar refractivity (Wildman–Crippen MR) is 106 cm³/mol. The first-order valence-corrected chi connectivity index (χ1v) is 10.1. The Kier molecular flexibility index (Phi) is 6.55. The number of alkyl halides is 2. The minimum atomic E-state index is -4.51. The van der Waals surface area contributed by atoms with Gasteiger partial charge < -0.3 is 14.2 Å². The molecule has 0 amide bonds. The molecule has 3 aromatic rings. The molecule has 10 heteroatoms. The molecule has 0 bridgehead atoms. The molecule has 180 valence electrons. The Morgan fingerprint density at radius 3 is 2.00 bits per heavy atom. The fourth-order valence-electron chi connectivity index (χ4n) is 3.46. The zero-order chi connectivity index (χ0) is 24.6. The van der Waals surface area contributed by atoms with Crippen molar-refractivity contribution in [1.82, 2.24) is 0 Å². The van der Waals surface area contributed by atoms with Gasteiger partial charge in [-0.3, -0.25) is 0 Å². The standard InChI is InChI=1S/C24H17F7O3/c1-12-10-32-23(33-11-12)14-7-20(28)22(21(29)8-14)24(30,31)34-15-3-4-16(18(26)9-15)13-2-5-17(25)19(27)6-13/h2-9,12,23H,10-11H2,1H3. The van der Waals surface area contributed by atoms with Crippen LogP contribution in [0.2, 0.25) is 0 Å². The van der Waals surface area contributed by atoms with Gasteiger partial charge in [0.15, 0.2) is 17.9 Å². The average molecular weight is 486 g/mol. The van der Waals surface area contributed by atoms with Crippen molar-refractivity contribution in [3.8, 4) is 16.9 Å². The molecule has 4 rings (SSSR count). The summed E-state index contributed by atoms with van der Waals surface area (Å²) < 4.78 is 114. The lowest BCUT2D eigenvalue weighted by Gasteiger charge is -2.28. The molecule has 0 atom stereocenters. The third-order valence-corrected chi connectivity index (χ3v) is 5.11. The van der Waals surface area contributed by atoms with E-state index in [1.54, 1.807) is 0 Å². The van der Waals surface area contributed by atoms with Gasteiger partial charge in [-0.1, -0.05) is 13.0 Å². The number of hydrogen-bond donors (Lipinski definition) is 0. The van der Waals surface area contributed by atoms with Crippen LogP contribution < -0.4 is 4.74 Å². The van der Waals surface area contributed by atoms with Crippen molar-refractivity contribution < 1.29 is 44.9 Å². The lowest BCUT2D eigenvalue weighted by Crippen LogP contribution is -2.27. The van der Waals surface area contributed by atoms with Crippen LogP contribution in [0.15, 0.2) is 48.5 Å². The molecule has 0 aliphatic carbocycles. The van der Waals surface area contributed by atoms with Crippen molar-refractivity contribution in [2.45, 2.75) is 19.3 Å². The van der Waals surface area contributed by atoms with Crippen molar-refractivity contribution >= 4 is 0 Å². The fraction of sp³-hybridized carbons (Fsp3) is 0.250. The van der Waals surface area contributed by atoms with E-state index in [1.165, 1.54) is 0 Å². The molecule has 3 nitrogen and oxygen atoms in total. The lowest BCUT2D eigenvalue weighted by molar-refractivity contribution is -0.203. The monoisotopic (exact) mass is 486 g/mol. The minimum absolute atomic E-state index is 0.0519. The SMILES string of the molecule is CC1COC(c2cc(F)c(C(F)(F)Oc3ccc(-c4ccc(F)c(F)c4)c(F)c3)c(F)c2)OC1. The highest BCUT2D eigenvalue weighted by atomic mass is 19.3. The van der Waals surface area contributed by atoms with E-state index >= 15 is 0 Å². The molecule has 1 aliphatic heterocycles. The molecular formula is C24H17F7O3. The maximum atomic E-state index is 14.7. The van der Waals surface area contributed by atoms with E-state index in [4.69, 9.17) is 9.47 Å². The van der Waals surface area contributed by atoms with Crippen LogP contribution in [0.25, 0.3) is 11.1 Å². The lowest BCUT2D eigenvalue weighted by atomic mass is 10.0. The van der Waals surface area contributed by atoms with E-state index < -0.39 is 52.8 Å². The van der Waals surface area contributed by atoms with Gasteiger partial charge in [0.1, 0.15) is 28.8 Å². The summed E-state index contributed by atoms with van der Waals surface area (Å²) in [6.07, 6.45) is -5.62. The summed E-state index contributed by atoms with van der Waals surface area (Å²) >= 11 is 0. The van der Waals surface area contributed by atoms with Crippen molar-refractivity contribution in [2.24, 2.45) is 5.92 Å². The molecule has 0 N–H and O–H groups in total. The number of rotatable bonds is 5. The van der Waals surface area contributed by atoms with Crippen molar-refractivity contribution in [2.75, 3.05) is 13.2 Å². The van der Waals surface area contributed by atoms with E-state index in [0.29, 0.717) is 18.2 Å². The van der Waals surface area contributed by atoms with Crippen LogP contribution in [-0.4, -0.2) is 13.2 Å². The highest BCUT2D eigenvalue weighted by Crippen LogP contribution is 2.38. The van der Waals surface area contributed by atoms with Crippen LogP contribution >= 0.6 is 0 Å². The summed E-state index contributed by atoms with van der Waals surface area (Å²) in [6.45, 7) is 2.37. The van der Waals surface area contributed by atoms with Gasteiger partial charge in [0, 0.05) is 23.1 Å². The second kappa shape index (κ2) is 9.27. The Balaban J connectivity index is 1.58. The first kappa shape index (κ1) is 24.0. The number of halogens is 7. The molecule has 3 aromatic carbocycles. The van der Waals surface area contributed by atoms with Crippen molar-refractivity contribution in [3.63, 3.8) is 0 Å². The molecule has 1 fully saturated rings. The molecule has 0 saturated carbocycles. The summed E-state index contributed by atoms with van der Waals surface area (Å²) in [5.74, 6) is -7.36. The van der Waals surface area contributed by atoms with Crippen LogP contribution in [0.4, 0.5) is 30.7 Å². The van der Waals surface area contributed by atoms with E-state index in [9.17, 15) is 30.7 Å². The smallest absolute Gasteiger partial charge is 0.429 e. The molecular weight excluding hydrogens is 469 g/mol. The summed E-state index contributed by atoms with van der Waals surface area (Å²) in [5.41, 5.74) is -2.07.